The first-order valence-corrected chi connectivity index (χ1v) is 9.34. The Morgan fingerprint density at radius 3 is 2.92 bits per heavy atom. The van der Waals surface area contributed by atoms with Gasteiger partial charge in [0.25, 0.3) is 5.91 Å². The third kappa shape index (κ3) is 4.30. The number of thiocarbonyl (C=S) groups is 1. The molecule has 0 radical (unpaired) electrons. The standard InChI is InChI=1S/C16H12FN3O2S3/c17-11-4-2-1-3-10(11)9-12-14(22)20(16(23)25-12)7-5-13(21)19-15-18-6-8-24-15/h1-4,6,8-9H,5,7H2,(H,18,19,21). The minimum atomic E-state index is -0.407. The van der Waals surface area contributed by atoms with E-state index in [0.717, 1.165) is 11.8 Å². The molecule has 0 bridgehead atoms. The van der Waals surface area contributed by atoms with Crippen molar-refractivity contribution in [1.82, 2.24) is 9.88 Å². The number of nitrogens with zero attached hydrogens (tertiary/aromatic N) is 2. The van der Waals surface area contributed by atoms with Crippen molar-refractivity contribution < 1.29 is 14.0 Å². The average Bonchev–Trinajstić information content (AvgIpc) is 3.17. The van der Waals surface area contributed by atoms with Crippen LogP contribution in [-0.2, 0) is 9.59 Å². The van der Waals surface area contributed by atoms with Crippen LogP contribution in [0.1, 0.15) is 12.0 Å². The van der Waals surface area contributed by atoms with Crippen molar-refractivity contribution in [3.05, 3.63) is 52.1 Å². The molecule has 9 heteroatoms. The molecule has 1 aliphatic rings. The van der Waals surface area contributed by atoms with Crippen LogP contribution in [0.3, 0.4) is 0 Å². The van der Waals surface area contributed by atoms with Gasteiger partial charge in [-0.2, -0.15) is 0 Å². The predicted octanol–water partition coefficient (Wildman–Crippen LogP) is 3.51. The number of aromatic nitrogens is 1. The van der Waals surface area contributed by atoms with E-state index in [0.29, 0.717) is 19.9 Å². The van der Waals surface area contributed by atoms with Crippen LogP contribution in [-0.4, -0.2) is 32.6 Å². The predicted molar refractivity (Wildman–Crippen MR) is 102 cm³/mol. The third-order valence-corrected chi connectivity index (χ3v) is 5.37. The number of hydrogen-bond donors (Lipinski definition) is 1. The Bertz CT molecular complexity index is 852. The lowest BCUT2D eigenvalue weighted by Gasteiger charge is -2.13. The second-order valence-electron chi connectivity index (χ2n) is 4.99. The molecule has 1 aromatic heterocycles. The fourth-order valence-electron chi connectivity index (χ4n) is 2.11. The molecular weight excluding hydrogens is 381 g/mol. The number of halogens is 1. The Morgan fingerprint density at radius 2 is 2.20 bits per heavy atom. The zero-order valence-electron chi connectivity index (χ0n) is 12.8. The molecule has 1 aromatic carbocycles. The van der Waals surface area contributed by atoms with E-state index in [9.17, 15) is 14.0 Å². The van der Waals surface area contributed by atoms with E-state index in [1.54, 1.807) is 29.8 Å². The lowest BCUT2D eigenvalue weighted by Crippen LogP contribution is -2.31. The Balaban J connectivity index is 1.63. The van der Waals surface area contributed by atoms with Crippen LogP contribution in [0.15, 0.2) is 40.7 Å². The lowest BCUT2D eigenvalue weighted by atomic mass is 10.2. The summed E-state index contributed by atoms with van der Waals surface area (Å²) in [6.07, 6.45) is 3.17. The van der Waals surface area contributed by atoms with E-state index in [1.165, 1.54) is 28.4 Å². The van der Waals surface area contributed by atoms with Crippen molar-refractivity contribution in [3.63, 3.8) is 0 Å². The maximum absolute atomic E-state index is 13.7. The SMILES string of the molecule is O=C(CCN1C(=O)C(=Cc2ccccc2F)SC1=S)Nc1nccs1. The molecule has 0 unspecified atom stereocenters. The van der Waals surface area contributed by atoms with Crippen LogP contribution in [0.25, 0.3) is 6.08 Å². The smallest absolute Gasteiger partial charge is 0.266 e. The molecule has 1 fully saturated rings. The van der Waals surface area contributed by atoms with Gasteiger partial charge in [-0.05, 0) is 12.1 Å². The molecule has 2 aromatic rings. The topological polar surface area (TPSA) is 62.3 Å². The molecule has 0 saturated carbocycles. The fraction of sp³-hybridized carbons (Fsp3) is 0.125. The number of thiazole rings is 1. The van der Waals surface area contributed by atoms with Gasteiger partial charge in [0, 0.05) is 30.1 Å². The summed E-state index contributed by atoms with van der Waals surface area (Å²) in [5.41, 5.74) is 0.324. The zero-order chi connectivity index (χ0) is 17.8. The van der Waals surface area contributed by atoms with Crippen LogP contribution in [0.4, 0.5) is 9.52 Å². The van der Waals surface area contributed by atoms with Crippen LogP contribution < -0.4 is 5.32 Å². The highest BCUT2D eigenvalue weighted by Crippen LogP contribution is 2.33. The van der Waals surface area contributed by atoms with Gasteiger partial charge in [0.2, 0.25) is 5.91 Å². The number of nitrogens with one attached hydrogen (secondary N) is 1. The van der Waals surface area contributed by atoms with Crippen LogP contribution in [0, 0.1) is 5.82 Å². The van der Waals surface area contributed by atoms with Gasteiger partial charge in [-0.1, -0.05) is 42.2 Å². The molecule has 25 heavy (non-hydrogen) atoms. The highest BCUT2D eigenvalue weighted by Gasteiger charge is 2.32. The van der Waals surface area contributed by atoms with Gasteiger partial charge in [-0.3, -0.25) is 14.5 Å². The van der Waals surface area contributed by atoms with E-state index >= 15 is 0 Å². The Morgan fingerprint density at radius 1 is 1.40 bits per heavy atom. The monoisotopic (exact) mass is 393 g/mol. The van der Waals surface area contributed by atoms with E-state index in [2.05, 4.69) is 10.3 Å². The Hall–Kier alpha value is -2.10. The minimum Gasteiger partial charge on any atom is -0.302 e. The molecule has 0 spiro atoms. The van der Waals surface area contributed by atoms with Gasteiger partial charge in [-0.25, -0.2) is 9.37 Å². The second-order valence-corrected chi connectivity index (χ2v) is 7.56. The summed E-state index contributed by atoms with van der Waals surface area (Å²) in [4.78, 5) is 30.0. The van der Waals surface area contributed by atoms with Gasteiger partial charge in [0.1, 0.15) is 10.1 Å². The van der Waals surface area contributed by atoms with E-state index in [4.69, 9.17) is 12.2 Å². The van der Waals surface area contributed by atoms with E-state index in [-0.39, 0.29) is 24.8 Å². The molecule has 5 nitrogen and oxygen atoms in total. The van der Waals surface area contributed by atoms with Gasteiger partial charge in [0.15, 0.2) is 5.13 Å². The summed E-state index contributed by atoms with van der Waals surface area (Å²) in [6, 6.07) is 6.19. The Kier molecular flexibility index (Phi) is 5.57. The van der Waals surface area contributed by atoms with Crippen LogP contribution in [0.5, 0.6) is 0 Å². The number of carbonyl (C=O) groups is 2. The lowest BCUT2D eigenvalue weighted by molar-refractivity contribution is -0.122. The molecule has 128 valence electrons. The first kappa shape index (κ1) is 17.7. The molecule has 2 amide bonds. The van der Waals surface area contributed by atoms with Gasteiger partial charge >= 0.3 is 0 Å². The maximum Gasteiger partial charge on any atom is 0.266 e. The molecule has 0 aliphatic carbocycles. The molecule has 1 N–H and O–H groups in total. The molecule has 1 aliphatic heterocycles. The number of rotatable bonds is 5. The third-order valence-electron chi connectivity index (χ3n) is 3.31. The van der Waals surface area contributed by atoms with Crippen LogP contribution in [0.2, 0.25) is 0 Å². The number of carbonyl (C=O) groups excluding carboxylic acids is 2. The summed E-state index contributed by atoms with van der Waals surface area (Å²) in [5, 5.41) is 4.91. The number of hydrogen-bond acceptors (Lipinski definition) is 6. The quantitative estimate of drug-likeness (QED) is 0.622. The van der Waals surface area contributed by atoms with E-state index in [1.807, 2.05) is 0 Å². The van der Waals surface area contributed by atoms with Gasteiger partial charge in [0.05, 0.1) is 4.91 Å². The average molecular weight is 393 g/mol. The van der Waals surface area contributed by atoms with Crippen molar-refractivity contribution in [3.8, 4) is 0 Å². The highest BCUT2D eigenvalue weighted by molar-refractivity contribution is 8.26. The van der Waals surface area contributed by atoms with Crippen molar-refractivity contribution in [2.45, 2.75) is 6.42 Å². The summed E-state index contributed by atoms with van der Waals surface area (Å²) in [6.45, 7) is 0.163. The second kappa shape index (κ2) is 7.85. The summed E-state index contributed by atoms with van der Waals surface area (Å²) < 4.78 is 14.1. The largest absolute Gasteiger partial charge is 0.302 e. The van der Waals surface area contributed by atoms with Crippen molar-refractivity contribution in [1.29, 1.82) is 0 Å². The first-order chi connectivity index (χ1) is 12.0. The summed E-state index contributed by atoms with van der Waals surface area (Å²) in [7, 11) is 0. The molecule has 2 heterocycles. The molecule has 3 rings (SSSR count). The summed E-state index contributed by atoms with van der Waals surface area (Å²) in [5.74, 6) is -0.974. The van der Waals surface area contributed by atoms with Crippen molar-refractivity contribution >= 4 is 62.7 Å². The molecule has 1 saturated heterocycles. The maximum atomic E-state index is 13.7. The summed E-state index contributed by atoms with van der Waals surface area (Å²) >= 11 is 7.62. The van der Waals surface area contributed by atoms with Gasteiger partial charge in [-0.15, -0.1) is 11.3 Å². The fourth-order valence-corrected chi connectivity index (χ4v) is 3.95. The Labute approximate surface area is 156 Å². The number of amides is 2. The first-order valence-electron chi connectivity index (χ1n) is 7.24. The molecular formula is C16H12FN3O2S3. The number of thioether (sulfide) groups is 1. The van der Waals surface area contributed by atoms with Crippen molar-refractivity contribution in [2.75, 3.05) is 11.9 Å². The number of anilines is 1. The number of benzene rings is 1. The zero-order valence-corrected chi connectivity index (χ0v) is 15.2. The van der Waals surface area contributed by atoms with Crippen molar-refractivity contribution in [2.24, 2.45) is 0 Å². The van der Waals surface area contributed by atoms with Gasteiger partial charge < -0.3 is 5.32 Å². The highest BCUT2D eigenvalue weighted by atomic mass is 32.2. The van der Waals surface area contributed by atoms with Crippen LogP contribution >= 0.6 is 35.3 Å². The molecule has 0 atom stereocenters. The normalized spacial score (nSPS) is 15.9. The van der Waals surface area contributed by atoms with E-state index < -0.39 is 5.82 Å². The minimum absolute atomic E-state index is 0.0962.